The summed E-state index contributed by atoms with van der Waals surface area (Å²) in [5.41, 5.74) is -0.330. The maximum atomic E-state index is 12.0. The lowest BCUT2D eigenvalue weighted by molar-refractivity contribution is -0.145. The van der Waals surface area contributed by atoms with Crippen LogP contribution in [0.2, 0.25) is 0 Å². The zero-order chi connectivity index (χ0) is 15.1. The molecule has 110 valence electrons. The molecular weight excluding hydrogens is 332 g/mol. The lowest BCUT2D eigenvalue weighted by Gasteiger charge is -2.20. The number of ether oxygens (including phenoxy) is 1. The van der Waals surface area contributed by atoms with Crippen molar-refractivity contribution in [2.75, 3.05) is 26.8 Å². The van der Waals surface area contributed by atoms with E-state index in [0.717, 1.165) is 4.90 Å². The summed E-state index contributed by atoms with van der Waals surface area (Å²) in [4.78, 5) is 35.5. The lowest BCUT2D eigenvalue weighted by atomic mass is 10.4. The van der Waals surface area contributed by atoms with Gasteiger partial charge in [-0.15, -0.1) is 0 Å². The first-order valence-corrected chi connectivity index (χ1v) is 6.58. The molecule has 0 aromatic carbocycles. The van der Waals surface area contributed by atoms with Gasteiger partial charge in [-0.3, -0.25) is 14.4 Å². The van der Waals surface area contributed by atoms with Gasteiger partial charge in [0.2, 0.25) is 5.91 Å². The molecule has 0 saturated carbocycles. The van der Waals surface area contributed by atoms with Crippen LogP contribution in [0, 0.1) is 0 Å². The number of nitrogens with zero attached hydrogens (tertiary/aromatic N) is 2. The van der Waals surface area contributed by atoms with E-state index >= 15 is 0 Å². The van der Waals surface area contributed by atoms with Gasteiger partial charge in [0.25, 0.3) is 5.56 Å². The van der Waals surface area contributed by atoms with Gasteiger partial charge in [0.05, 0.1) is 6.61 Å². The zero-order valence-electron chi connectivity index (χ0n) is 10.9. The van der Waals surface area contributed by atoms with Crippen LogP contribution in [-0.2, 0) is 20.9 Å². The van der Waals surface area contributed by atoms with Crippen LogP contribution in [0.15, 0.2) is 27.6 Å². The first kappa shape index (κ1) is 16.4. The fourth-order valence-corrected chi connectivity index (χ4v) is 1.91. The molecule has 0 radical (unpaired) electrons. The summed E-state index contributed by atoms with van der Waals surface area (Å²) in [5, 5.41) is 8.79. The van der Waals surface area contributed by atoms with Gasteiger partial charge in [0, 0.05) is 30.4 Å². The van der Waals surface area contributed by atoms with Crippen LogP contribution in [0.25, 0.3) is 0 Å². The van der Waals surface area contributed by atoms with Crippen LogP contribution in [-0.4, -0.2) is 53.3 Å². The summed E-state index contributed by atoms with van der Waals surface area (Å²) in [6, 6.07) is 2.90. The molecule has 0 aliphatic rings. The van der Waals surface area contributed by atoms with Crippen LogP contribution < -0.4 is 5.56 Å². The number of carboxylic acid groups (broad SMARTS) is 1. The first-order chi connectivity index (χ1) is 9.43. The number of amides is 1. The molecule has 8 heteroatoms. The van der Waals surface area contributed by atoms with Gasteiger partial charge in [0.15, 0.2) is 0 Å². The highest BCUT2D eigenvalue weighted by molar-refractivity contribution is 9.10. The largest absolute Gasteiger partial charge is 0.480 e. The Hall–Kier alpha value is -1.67. The van der Waals surface area contributed by atoms with Crippen LogP contribution in [0.3, 0.4) is 0 Å². The van der Waals surface area contributed by atoms with Crippen molar-refractivity contribution >= 4 is 27.8 Å². The molecule has 0 spiro atoms. The Bertz CT molecular complexity index is 543. The van der Waals surface area contributed by atoms with Gasteiger partial charge in [-0.25, -0.2) is 0 Å². The molecule has 1 amide bonds. The van der Waals surface area contributed by atoms with E-state index in [0.29, 0.717) is 4.47 Å². The molecule has 0 saturated heterocycles. The second kappa shape index (κ2) is 7.81. The highest BCUT2D eigenvalue weighted by Crippen LogP contribution is 2.05. The summed E-state index contributed by atoms with van der Waals surface area (Å²) >= 11 is 3.21. The van der Waals surface area contributed by atoms with E-state index in [-0.39, 0.29) is 25.3 Å². The Morgan fingerprint density at radius 1 is 1.45 bits per heavy atom. The summed E-state index contributed by atoms with van der Waals surface area (Å²) in [6.07, 6.45) is 1.48. The minimum absolute atomic E-state index is 0.157. The minimum atomic E-state index is -1.11. The second-order valence-electron chi connectivity index (χ2n) is 4.02. The van der Waals surface area contributed by atoms with E-state index < -0.39 is 18.4 Å². The molecule has 0 aliphatic carbocycles. The average Bonchev–Trinajstić information content (AvgIpc) is 2.38. The molecule has 0 aliphatic heterocycles. The molecule has 1 rings (SSSR count). The smallest absolute Gasteiger partial charge is 0.323 e. The molecule has 0 bridgehead atoms. The Morgan fingerprint density at radius 2 is 2.15 bits per heavy atom. The van der Waals surface area contributed by atoms with Crippen molar-refractivity contribution in [2.45, 2.75) is 6.54 Å². The molecule has 1 heterocycles. The van der Waals surface area contributed by atoms with Crippen molar-refractivity contribution in [1.82, 2.24) is 9.47 Å². The average molecular weight is 347 g/mol. The molecule has 1 N–H and O–H groups in total. The molecule has 1 aromatic heterocycles. The number of carbonyl (C=O) groups is 2. The SMILES string of the molecule is COCCN(CC(=O)O)C(=O)Cn1cc(Br)ccc1=O. The number of aromatic nitrogens is 1. The molecule has 0 unspecified atom stereocenters. The monoisotopic (exact) mass is 346 g/mol. The predicted octanol–water partition coefficient (Wildman–Crippen LogP) is 0.170. The van der Waals surface area contributed by atoms with Gasteiger partial charge in [-0.05, 0) is 22.0 Å². The van der Waals surface area contributed by atoms with Crippen LogP contribution in [0.4, 0.5) is 0 Å². The highest BCUT2D eigenvalue weighted by Gasteiger charge is 2.17. The van der Waals surface area contributed by atoms with Crippen LogP contribution in [0.5, 0.6) is 0 Å². The van der Waals surface area contributed by atoms with E-state index in [1.807, 2.05) is 0 Å². The number of carbonyl (C=O) groups excluding carboxylic acids is 1. The highest BCUT2D eigenvalue weighted by atomic mass is 79.9. The first-order valence-electron chi connectivity index (χ1n) is 5.78. The van der Waals surface area contributed by atoms with Crippen molar-refractivity contribution in [3.8, 4) is 0 Å². The summed E-state index contributed by atoms with van der Waals surface area (Å²) in [5.74, 6) is -1.57. The van der Waals surface area contributed by atoms with Crippen molar-refractivity contribution in [3.63, 3.8) is 0 Å². The standard InChI is InChI=1S/C12H15BrN2O5/c1-20-5-4-14(8-12(18)19)11(17)7-15-6-9(13)2-3-10(15)16/h2-3,6H,4-5,7-8H2,1H3,(H,18,19). The summed E-state index contributed by atoms with van der Waals surface area (Å²) in [7, 11) is 1.46. The lowest BCUT2D eigenvalue weighted by Crippen LogP contribution is -2.41. The van der Waals surface area contributed by atoms with Crippen molar-refractivity contribution in [1.29, 1.82) is 0 Å². The Balaban J connectivity index is 2.81. The number of pyridine rings is 1. The van der Waals surface area contributed by atoms with Gasteiger partial charge in [-0.1, -0.05) is 0 Å². The Kier molecular flexibility index (Phi) is 6.40. The maximum absolute atomic E-state index is 12.0. The van der Waals surface area contributed by atoms with Crippen LogP contribution >= 0.6 is 15.9 Å². The van der Waals surface area contributed by atoms with Crippen LogP contribution in [0.1, 0.15) is 0 Å². The fourth-order valence-electron chi connectivity index (χ4n) is 1.53. The molecule has 7 nitrogen and oxygen atoms in total. The number of hydrogen-bond donors (Lipinski definition) is 1. The fraction of sp³-hybridized carbons (Fsp3) is 0.417. The van der Waals surface area contributed by atoms with Crippen molar-refractivity contribution < 1.29 is 19.4 Å². The van der Waals surface area contributed by atoms with Gasteiger partial charge in [0.1, 0.15) is 13.1 Å². The van der Waals surface area contributed by atoms with E-state index in [1.54, 1.807) is 6.07 Å². The third-order valence-corrected chi connectivity index (χ3v) is 2.97. The number of aliphatic carboxylic acids is 1. The van der Waals surface area contributed by atoms with E-state index in [4.69, 9.17) is 9.84 Å². The third-order valence-electron chi connectivity index (χ3n) is 2.50. The molecule has 0 atom stereocenters. The Morgan fingerprint density at radius 3 is 2.75 bits per heavy atom. The summed E-state index contributed by atoms with van der Waals surface area (Å²) in [6.45, 7) is -0.253. The number of hydrogen-bond acceptors (Lipinski definition) is 4. The summed E-state index contributed by atoms with van der Waals surface area (Å²) < 4.78 is 6.71. The Labute approximate surface area is 123 Å². The van der Waals surface area contributed by atoms with E-state index in [9.17, 15) is 14.4 Å². The quantitative estimate of drug-likeness (QED) is 0.760. The number of carboxylic acids is 1. The number of halogens is 1. The number of methoxy groups -OCH3 is 1. The number of rotatable bonds is 7. The van der Waals surface area contributed by atoms with Gasteiger partial charge in [-0.2, -0.15) is 0 Å². The molecule has 1 aromatic rings. The van der Waals surface area contributed by atoms with Crippen molar-refractivity contribution in [2.24, 2.45) is 0 Å². The molecule has 0 fully saturated rings. The van der Waals surface area contributed by atoms with Crippen molar-refractivity contribution in [3.05, 3.63) is 33.2 Å². The predicted molar refractivity (Wildman–Crippen MR) is 74.5 cm³/mol. The maximum Gasteiger partial charge on any atom is 0.323 e. The van der Waals surface area contributed by atoms with Gasteiger partial charge >= 0.3 is 5.97 Å². The third kappa shape index (κ3) is 5.14. The minimum Gasteiger partial charge on any atom is -0.480 e. The van der Waals surface area contributed by atoms with E-state index in [2.05, 4.69) is 15.9 Å². The molecular formula is C12H15BrN2O5. The van der Waals surface area contributed by atoms with Gasteiger partial charge < -0.3 is 19.3 Å². The topological polar surface area (TPSA) is 88.8 Å². The second-order valence-corrected chi connectivity index (χ2v) is 4.93. The zero-order valence-corrected chi connectivity index (χ0v) is 12.5. The normalized spacial score (nSPS) is 10.3. The van der Waals surface area contributed by atoms with E-state index in [1.165, 1.54) is 23.9 Å². The molecule has 20 heavy (non-hydrogen) atoms.